The molecule has 0 fully saturated rings. The molecular weight excluding hydrogens is 390 g/mol. The Morgan fingerprint density at radius 3 is 2.53 bits per heavy atom. The molecule has 0 aliphatic heterocycles. The molecule has 5 N–H and O–H groups in total. The zero-order valence-corrected chi connectivity index (χ0v) is 15.5. The third-order valence-electron chi connectivity index (χ3n) is 4.01. The minimum atomic E-state index is -1.24. The molecule has 3 rings (SSSR count). The second-order valence-electron chi connectivity index (χ2n) is 6.18. The van der Waals surface area contributed by atoms with Crippen molar-refractivity contribution in [3.63, 3.8) is 0 Å². The maximum absolute atomic E-state index is 12.3. The smallest absolute Gasteiger partial charge is 0.379 e. The Morgan fingerprint density at radius 2 is 1.80 bits per heavy atom. The van der Waals surface area contributed by atoms with Gasteiger partial charge in [0, 0.05) is 17.7 Å². The first-order chi connectivity index (χ1) is 14.3. The summed E-state index contributed by atoms with van der Waals surface area (Å²) in [6.45, 7) is -0.0233. The van der Waals surface area contributed by atoms with Crippen LogP contribution in [0.15, 0.2) is 65.1 Å². The zero-order valence-electron chi connectivity index (χ0n) is 15.5. The molecule has 3 aromatic rings. The Bertz CT molecular complexity index is 1180. The van der Waals surface area contributed by atoms with E-state index in [2.05, 4.69) is 5.32 Å². The maximum atomic E-state index is 12.3. The number of hydrogen-bond acceptors (Lipinski definition) is 6. The van der Waals surface area contributed by atoms with Crippen molar-refractivity contribution < 1.29 is 28.6 Å². The van der Waals surface area contributed by atoms with E-state index in [0.29, 0.717) is 23.1 Å². The van der Waals surface area contributed by atoms with Crippen molar-refractivity contribution in [1.29, 1.82) is 5.41 Å². The van der Waals surface area contributed by atoms with Crippen molar-refractivity contribution in [3.05, 3.63) is 77.8 Å². The molecule has 1 heterocycles. The predicted octanol–water partition coefficient (Wildman–Crippen LogP) is 2.19. The van der Waals surface area contributed by atoms with Gasteiger partial charge in [-0.2, -0.15) is 0 Å². The number of ether oxygens (including phenoxy) is 1. The number of nitrogens with two attached hydrogens (primary N) is 1. The second kappa shape index (κ2) is 8.74. The van der Waals surface area contributed by atoms with Crippen molar-refractivity contribution in [2.75, 3.05) is 0 Å². The number of esters is 1. The van der Waals surface area contributed by atoms with Gasteiger partial charge in [0.25, 0.3) is 0 Å². The number of carboxylic acids is 1. The standard InChI is InChI=1S/C21H17N3O6/c22-20(23)14-2-1-13-10-15(4-3-12(13)9-14)30-21(28)17-6-5-16(29-17)11-24-18(25)7-8-19(26)27/h1-10H,11H2,(H3,22,23)(H,24,25)(H,26,27)/b8-7+. The number of amidine groups is 1. The van der Waals surface area contributed by atoms with E-state index in [-0.39, 0.29) is 18.1 Å². The van der Waals surface area contributed by atoms with E-state index in [9.17, 15) is 14.4 Å². The van der Waals surface area contributed by atoms with Crippen LogP contribution in [0.4, 0.5) is 0 Å². The normalized spacial score (nSPS) is 10.8. The number of nitrogens with one attached hydrogen (secondary N) is 2. The summed E-state index contributed by atoms with van der Waals surface area (Å²) in [5.41, 5.74) is 6.08. The Hall–Kier alpha value is -4.40. The molecule has 0 unspecified atom stereocenters. The van der Waals surface area contributed by atoms with Crippen molar-refractivity contribution in [2.24, 2.45) is 5.73 Å². The van der Waals surface area contributed by atoms with E-state index in [1.165, 1.54) is 12.1 Å². The lowest BCUT2D eigenvalue weighted by Crippen LogP contribution is -2.20. The highest BCUT2D eigenvalue weighted by atomic mass is 16.5. The Kier molecular flexibility index (Phi) is 5.92. The fraction of sp³-hybridized carbons (Fsp3) is 0.0476. The molecule has 9 heteroatoms. The highest BCUT2D eigenvalue weighted by Gasteiger charge is 2.14. The van der Waals surface area contributed by atoms with Crippen LogP contribution in [-0.4, -0.2) is 28.8 Å². The molecule has 1 aromatic heterocycles. The van der Waals surface area contributed by atoms with Gasteiger partial charge in [-0.25, -0.2) is 9.59 Å². The first-order valence-corrected chi connectivity index (χ1v) is 8.70. The molecule has 0 aliphatic carbocycles. The van der Waals surface area contributed by atoms with Gasteiger partial charge in [-0.05, 0) is 41.1 Å². The first-order valence-electron chi connectivity index (χ1n) is 8.70. The summed E-state index contributed by atoms with van der Waals surface area (Å²) in [5.74, 6) is -2.02. The Morgan fingerprint density at radius 1 is 1.07 bits per heavy atom. The number of carbonyl (C=O) groups is 3. The number of carboxylic acid groups (broad SMARTS) is 1. The van der Waals surface area contributed by atoms with Crippen molar-refractivity contribution >= 4 is 34.5 Å². The molecule has 0 aliphatic rings. The van der Waals surface area contributed by atoms with E-state index >= 15 is 0 Å². The molecule has 0 spiro atoms. The van der Waals surface area contributed by atoms with Crippen LogP contribution < -0.4 is 15.8 Å². The van der Waals surface area contributed by atoms with Crippen LogP contribution in [0, 0.1) is 5.41 Å². The summed E-state index contributed by atoms with van der Waals surface area (Å²) in [6, 6.07) is 13.2. The van der Waals surface area contributed by atoms with Gasteiger partial charge in [-0.15, -0.1) is 0 Å². The molecular formula is C21H17N3O6. The Balaban J connectivity index is 1.63. The number of furan rings is 1. The predicted molar refractivity (Wildman–Crippen MR) is 107 cm³/mol. The number of benzene rings is 2. The van der Waals surface area contributed by atoms with E-state index in [1.807, 2.05) is 0 Å². The summed E-state index contributed by atoms with van der Waals surface area (Å²) in [7, 11) is 0. The number of hydrogen-bond donors (Lipinski definition) is 4. The van der Waals surface area contributed by atoms with Gasteiger partial charge >= 0.3 is 11.9 Å². The lowest BCUT2D eigenvalue weighted by atomic mass is 10.1. The van der Waals surface area contributed by atoms with Crippen LogP contribution in [0.5, 0.6) is 5.75 Å². The molecule has 0 bridgehead atoms. The molecule has 1 amide bonds. The van der Waals surface area contributed by atoms with Gasteiger partial charge in [0.2, 0.25) is 11.7 Å². The third kappa shape index (κ3) is 5.10. The molecule has 0 atom stereocenters. The van der Waals surface area contributed by atoms with Crippen molar-refractivity contribution in [2.45, 2.75) is 6.54 Å². The summed E-state index contributed by atoms with van der Waals surface area (Å²) in [6.07, 6.45) is 1.59. The number of fused-ring (bicyclic) bond motifs is 1. The van der Waals surface area contributed by atoms with Gasteiger partial charge in [-0.1, -0.05) is 18.2 Å². The average molecular weight is 407 g/mol. The maximum Gasteiger partial charge on any atom is 0.379 e. The van der Waals surface area contributed by atoms with E-state index in [1.54, 1.807) is 36.4 Å². The van der Waals surface area contributed by atoms with Crippen molar-refractivity contribution in [3.8, 4) is 5.75 Å². The first kappa shape index (κ1) is 20.3. The molecule has 0 radical (unpaired) electrons. The number of nitrogen functional groups attached to an aromatic ring is 1. The van der Waals surface area contributed by atoms with Crippen LogP contribution in [0.3, 0.4) is 0 Å². The van der Waals surface area contributed by atoms with Crippen LogP contribution >= 0.6 is 0 Å². The molecule has 9 nitrogen and oxygen atoms in total. The van der Waals surface area contributed by atoms with Crippen LogP contribution in [0.1, 0.15) is 21.9 Å². The lowest BCUT2D eigenvalue weighted by molar-refractivity contribution is -0.131. The number of amides is 1. The van der Waals surface area contributed by atoms with Crippen molar-refractivity contribution in [1.82, 2.24) is 5.32 Å². The minimum absolute atomic E-state index is 0.0233. The highest BCUT2D eigenvalue weighted by molar-refractivity contribution is 5.99. The molecule has 0 saturated carbocycles. The fourth-order valence-corrected chi connectivity index (χ4v) is 2.57. The molecule has 0 saturated heterocycles. The third-order valence-corrected chi connectivity index (χ3v) is 4.01. The Labute approximate surface area is 170 Å². The molecule has 30 heavy (non-hydrogen) atoms. The summed E-state index contributed by atoms with van der Waals surface area (Å²) in [5, 5.41) is 20.0. The van der Waals surface area contributed by atoms with E-state index in [4.69, 9.17) is 25.4 Å². The van der Waals surface area contributed by atoms with Gasteiger partial charge in [0.1, 0.15) is 17.3 Å². The van der Waals surface area contributed by atoms with Gasteiger partial charge < -0.3 is 25.3 Å². The summed E-state index contributed by atoms with van der Waals surface area (Å²) >= 11 is 0. The number of carbonyl (C=O) groups excluding carboxylic acids is 2. The van der Waals surface area contributed by atoms with Gasteiger partial charge in [0.05, 0.1) is 6.54 Å². The fourth-order valence-electron chi connectivity index (χ4n) is 2.57. The quantitative estimate of drug-likeness (QED) is 0.154. The van der Waals surface area contributed by atoms with E-state index < -0.39 is 17.8 Å². The van der Waals surface area contributed by atoms with Crippen LogP contribution in [0.25, 0.3) is 10.8 Å². The average Bonchev–Trinajstić information content (AvgIpc) is 3.19. The lowest BCUT2D eigenvalue weighted by Gasteiger charge is -2.06. The minimum Gasteiger partial charge on any atom is -0.478 e. The molecule has 152 valence electrons. The second-order valence-corrected chi connectivity index (χ2v) is 6.18. The highest BCUT2D eigenvalue weighted by Crippen LogP contribution is 2.23. The van der Waals surface area contributed by atoms with Crippen LogP contribution in [0.2, 0.25) is 0 Å². The van der Waals surface area contributed by atoms with Gasteiger partial charge in [0.15, 0.2) is 0 Å². The zero-order chi connectivity index (χ0) is 21.7. The summed E-state index contributed by atoms with van der Waals surface area (Å²) in [4.78, 5) is 34.1. The largest absolute Gasteiger partial charge is 0.478 e. The van der Waals surface area contributed by atoms with E-state index in [0.717, 1.165) is 16.8 Å². The summed E-state index contributed by atoms with van der Waals surface area (Å²) < 4.78 is 10.7. The van der Waals surface area contributed by atoms with Crippen LogP contribution in [-0.2, 0) is 16.1 Å². The van der Waals surface area contributed by atoms with Gasteiger partial charge in [-0.3, -0.25) is 10.2 Å². The SMILES string of the molecule is N=C(N)c1ccc2cc(OC(=O)c3ccc(CNC(=O)/C=C/C(=O)O)o3)ccc2c1. The monoisotopic (exact) mass is 407 g/mol. The topological polar surface area (TPSA) is 156 Å². The number of rotatable bonds is 7. The number of aliphatic carboxylic acids is 1. The molecule has 2 aromatic carbocycles.